The van der Waals surface area contributed by atoms with Gasteiger partial charge in [-0.1, -0.05) is 0 Å². The summed E-state index contributed by atoms with van der Waals surface area (Å²) in [7, 11) is 0. The number of nitrogens with zero attached hydrogens (tertiary/aromatic N) is 1. The molecule has 0 bridgehead atoms. The topological polar surface area (TPSA) is 22.1 Å². The molecule has 0 radical (unpaired) electrons. The van der Waals surface area contributed by atoms with Gasteiger partial charge in [-0.15, -0.1) is 11.3 Å². The van der Waals surface area contributed by atoms with E-state index in [1.165, 1.54) is 17.0 Å². The normalized spacial score (nSPS) is 13.7. The van der Waals surface area contributed by atoms with Crippen LogP contribution in [0.2, 0.25) is 0 Å². The Morgan fingerprint density at radius 3 is 3.27 bits per heavy atom. The number of fused-ring (bicyclic) bond motifs is 3. The molecule has 0 fully saturated rings. The number of rotatable bonds is 0. The van der Waals surface area contributed by atoms with Crippen molar-refractivity contribution in [3.63, 3.8) is 0 Å². The summed E-state index contributed by atoms with van der Waals surface area (Å²) in [6, 6.07) is 4.56. The minimum absolute atomic E-state index is 0.252. The fourth-order valence-electron chi connectivity index (χ4n) is 1.73. The van der Waals surface area contributed by atoms with Crippen molar-refractivity contribution in [2.75, 3.05) is 6.61 Å². The Morgan fingerprint density at radius 1 is 1.40 bits per heavy atom. The van der Waals surface area contributed by atoms with E-state index in [4.69, 9.17) is 4.74 Å². The van der Waals surface area contributed by atoms with Crippen LogP contribution in [0.25, 0.3) is 11.3 Å². The molecule has 1 aliphatic heterocycles. The highest BCUT2D eigenvalue weighted by Crippen LogP contribution is 2.36. The zero-order chi connectivity index (χ0) is 10.3. The summed E-state index contributed by atoms with van der Waals surface area (Å²) >= 11 is 1.59. The highest BCUT2D eigenvalue weighted by atomic mass is 32.1. The first-order valence-electron chi connectivity index (χ1n) is 4.70. The van der Waals surface area contributed by atoms with Crippen LogP contribution >= 0.6 is 11.3 Å². The molecular formula is C11H8FNOS. The number of hydrogen-bond donors (Lipinski definition) is 0. The Morgan fingerprint density at radius 2 is 2.33 bits per heavy atom. The second-order valence-corrected chi connectivity index (χ2v) is 4.30. The van der Waals surface area contributed by atoms with Gasteiger partial charge in [0.05, 0.1) is 17.8 Å². The fourth-order valence-corrected chi connectivity index (χ4v) is 2.50. The standard InChI is InChI=1S/C11H8FNOS/c12-7-1-2-9-8(5-7)11-10(3-4-14-9)15-6-13-11/h1-2,5-6H,3-4H2. The average molecular weight is 221 g/mol. The summed E-state index contributed by atoms with van der Waals surface area (Å²) in [5.41, 5.74) is 3.43. The smallest absolute Gasteiger partial charge is 0.128 e. The fraction of sp³-hybridized carbons (Fsp3) is 0.182. The molecule has 1 aliphatic rings. The van der Waals surface area contributed by atoms with Gasteiger partial charge in [0.15, 0.2) is 0 Å². The molecule has 0 amide bonds. The number of benzene rings is 1. The van der Waals surface area contributed by atoms with E-state index in [1.54, 1.807) is 22.9 Å². The molecule has 76 valence electrons. The van der Waals surface area contributed by atoms with Crippen molar-refractivity contribution in [2.45, 2.75) is 6.42 Å². The Kier molecular flexibility index (Phi) is 1.95. The highest BCUT2D eigenvalue weighted by Gasteiger charge is 2.18. The third-order valence-electron chi connectivity index (χ3n) is 2.42. The highest BCUT2D eigenvalue weighted by molar-refractivity contribution is 7.10. The number of halogens is 1. The Balaban J connectivity index is 2.27. The van der Waals surface area contributed by atoms with Crippen LogP contribution in [0.1, 0.15) is 4.88 Å². The van der Waals surface area contributed by atoms with Crippen molar-refractivity contribution in [1.29, 1.82) is 0 Å². The van der Waals surface area contributed by atoms with Crippen molar-refractivity contribution < 1.29 is 9.13 Å². The largest absolute Gasteiger partial charge is 0.493 e. The van der Waals surface area contributed by atoms with Gasteiger partial charge in [0.1, 0.15) is 11.6 Å². The molecule has 4 heteroatoms. The molecule has 3 rings (SSSR count). The van der Waals surface area contributed by atoms with Crippen LogP contribution in [-0.2, 0) is 6.42 Å². The molecule has 0 unspecified atom stereocenters. The molecule has 0 atom stereocenters. The van der Waals surface area contributed by atoms with Gasteiger partial charge in [0.2, 0.25) is 0 Å². The van der Waals surface area contributed by atoms with Crippen molar-refractivity contribution in [2.24, 2.45) is 0 Å². The van der Waals surface area contributed by atoms with E-state index in [1.807, 2.05) is 0 Å². The average Bonchev–Trinajstić information content (AvgIpc) is 2.62. The van der Waals surface area contributed by atoms with Crippen molar-refractivity contribution >= 4 is 11.3 Å². The predicted octanol–water partition coefficient (Wildman–Crippen LogP) is 2.88. The van der Waals surface area contributed by atoms with Crippen LogP contribution < -0.4 is 4.74 Å². The second kappa shape index (κ2) is 3.31. The number of ether oxygens (including phenoxy) is 1. The van der Waals surface area contributed by atoms with Gasteiger partial charge in [-0.05, 0) is 18.2 Å². The maximum atomic E-state index is 13.1. The van der Waals surface area contributed by atoms with Gasteiger partial charge in [-0.25, -0.2) is 9.37 Å². The summed E-state index contributed by atoms with van der Waals surface area (Å²) in [6.07, 6.45) is 0.844. The van der Waals surface area contributed by atoms with Crippen LogP contribution in [0, 0.1) is 5.82 Å². The maximum Gasteiger partial charge on any atom is 0.128 e. The lowest BCUT2D eigenvalue weighted by atomic mass is 10.1. The maximum absolute atomic E-state index is 13.1. The van der Waals surface area contributed by atoms with E-state index in [0.717, 1.165) is 23.4 Å². The summed E-state index contributed by atoms with van der Waals surface area (Å²) in [5, 5.41) is 0. The lowest BCUT2D eigenvalue weighted by Crippen LogP contribution is -1.97. The van der Waals surface area contributed by atoms with Crippen molar-refractivity contribution in [1.82, 2.24) is 4.98 Å². The van der Waals surface area contributed by atoms with Gasteiger partial charge < -0.3 is 4.74 Å². The van der Waals surface area contributed by atoms with Crippen LogP contribution in [-0.4, -0.2) is 11.6 Å². The van der Waals surface area contributed by atoms with Gasteiger partial charge in [0.25, 0.3) is 0 Å². The lowest BCUT2D eigenvalue weighted by Gasteiger charge is -2.05. The Labute approximate surface area is 90.4 Å². The van der Waals surface area contributed by atoms with E-state index in [-0.39, 0.29) is 5.82 Å². The number of hydrogen-bond acceptors (Lipinski definition) is 3. The molecule has 2 aromatic rings. The minimum Gasteiger partial charge on any atom is -0.493 e. The molecule has 0 N–H and O–H groups in total. The van der Waals surface area contributed by atoms with Crippen LogP contribution in [0.4, 0.5) is 4.39 Å². The van der Waals surface area contributed by atoms with E-state index in [2.05, 4.69) is 4.98 Å². The van der Waals surface area contributed by atoms with Gasteiger partial charge >= 0.3 is 0 Å². The number of thiazole rings is 1. The van der Waals surface area contributed by atoms with E-state index >= 15 is 0 Å². The van der Waals surface area contributed by atoms with Crippen molar-refractivity contribution in [3.8, 4) is 17.0 Å². The first-order valence-corrected chi connectivity index (χ1v) is 5.57. The monoisotopic (exact) mass is 221 g/mol. The second-order valence-electron chi connectivity index (χ2n) is 3.36. The summed E-state index contributed by atoms with van der Waals surface area (Å²) in [4.78, 5) is 5.44. The molecule has 0 saturated heterocycles. The Bertz CT molecular complexity index is 509. The predicted molar refractivity (Wildman–Crippen MR) is 56.7 cm³/mol. The zero-order valence-corrected chi connectivity index (χ0v) is 8.68. The summed E-state index contributed by atoms with van der Waals surface area (Å²) in [5.74, 6) is 0.472. The third kappa shape index (κ3) is 1.41. The molecule has 0 saturated carbocycles. The first-order chi connectivity index (χ1) is 7.34. The minimum atomic E-state index is -0.252. The van der Waals surface area contributed by atoms with Crippen LogP contribution in [0.5, 0.6) is 5.75 Å². The van der Waals surface area contributed by atoms with Gasteiger partial charge in [0, 0.05) is 16.9 Å². The van der Waals surface area contributed by atoms with Gasteiger partial charge in [-0.2, -0.15) is 0 Å². The third-order valence-corrected chi connectivity index (χ3v) is 3.32. The first kappa shape index (κ1) is 8.85. The van der Waals surface area contributed by atoms with E-state index in [9.17, 15) is 4.39 Å². The lowest BCUT2D eigenvalue weighted by molar-refractivity contribution is 0.327. The van der Waals surface area contributed by atoms with Crippen molar-refractivity contribution in [3.05, 3.63) is 34.4 Å². The zero-order valence-electron chi connectivity index (χ0n) is 7.87. The molecule has 1 aromatic carbocycles. The molecule has 0 aliphatic carbocycles. The van der Waals surface area contributed by atoms with Gasteiger partial charge in [-0.3, -0.25) is 0 Å². The molecule has 2 heterocycles. The summed E-state index contributed by atoms with van der Waals surface area (Å²) < 4.78 is 18.7. The SMILES string of the molecule is Fc1ccc2c(c1)-c1ncsc1CCO2. The molecule has 1 aromatic heterocycles. The van der Waals surface area contributed by atoms with E-state index < -0.39 is 0 Å². The Hall–Kier alpha value is -1.42. The summed E-state index contributed by atoms with van der Waals surface area (Å²) in [6.45, 7) is 0.633. The van der Waals surface area contributed by atoms with Crippen LogP contribution in [0.3, 0.4) is 0 Å². The number of aromatic nitrogens is 1. The molecule has 2 nitrogen and oxygen atoms in total. The molecular weight excluding hydrogens is 213 g/mol. The molecule has 15 heavy (non-hydrogen) atoms. The molecule has 0 spiro atoms. The van der Waals surface area contributed by atoms with Crippen LogP contribution in [0.15, 0.2) is 23.7 Å². The quantitative estimate of drug-likeness (QED) is 0.682. The van der Waals surface area contributed by atoms with E-state index in [0.29, 0.717) is 6.61 Å².